The number of aliphatic hydroxyl groups excluding tert-OH is 1. The minimum atomic E-state index is -2.94. The van der Waals surface area contributed by atoms with Crippen molar-refractivity contribution in [1.29, 1.82) is 0 Å². The van der Waals surface area contributed by atoms with E-state index in [9.17, 15) is 34.2 Å². The van der Waals surface area contributed by atoms with Crippen molar-refractivity contribution in [3.05, 3.63) is 28.8 Å². The van der Waals surface area contributed by atoms with Crippen LogP contribution in [0.1, 0.15) is 54.6 Å². The van der Waals surface area contributed by atoms with E-state index < -0.39 is 76.4 Å². The van der Waals surface area contributed by atoms with Crippen LogP contribution in [-0.4, -0.2) is 82.6 Å². The number of hydrogen-bond donors (Lipinski definition) is 3. The number of Topliss-reactive ketones (excluding diaryl/α,β-unsaturated/α-hetero) is 4. The number of ether oxygens (including phenoxy) is 1. The standard InChI is InChI=1S/C27H32N2O8/c1-10-11-6-7-12-22(37-9-8-26(12,2)3)14(11)19(30)15-13(10)20(31)17-18(29(4)5)21(32)16(25(28)35)24(34)27(17,36)23(15)33/h6-7,10,13,15-18,20,31,36H,8-9H2,1-5H3,(H2,28,35)/t10-,13+,15?,16?,17+,18-,20-,27-/m0/s1. The fourth-order valence-corrected chi connectivity index (χ4v) is 7.20. The molecule has 4 aliphatic rings. The molecule has 10 heteroatoms. The Kier molecular flexibility index (Phi) is 5.57. The molecule has 0 radical (unpaired) electrons. The normalized spacial score (nSPS) is 38.3. The van der Waals surface area contributed by atoms with Gasteiger partial charge >= 0.3 is 0 Å². The zero-order valence-electron chi connectivity index (χ0n) is 21.5. The third-order valence-corrected chi connectivity index (χ3v) is 9.17. The molecule has 1 aliphatic heterocycles. The number of hydrogen-bond acceptors (Lipinski definition) is 9. The van der Waals surface area contributed by atoms with Crippen LogP contribution in [0, 0.1) is 23.7 Å². The first-order valence-corrected chi connectivity index (χ1v) is 12.5. The zero-order chi connectivity index (χ0) is 27.4. The van der Waals surface area contributed by atoms with Crippen LogP contribution in [0.5, 0.6) is 5.75 Å². The van der Waals surface area contributed by atoms with Crippen LogP contribution in [0.25, 0.3) is 0 Å². The van der Waals surface area contributed by atoms with Gasteiger partial charge in [-0.3, -0.25) is 28.9 Å². The molecule has 4 N–H and O–H groups in total. The van der Waals surface area contributed by atoms with Crippen LogP contribution in [0.4, 0.5) is 0 Å². The van der Waals surface area contributed by atoms with Gasteiger partial charge in [0.25, 0.3) is 0 Å². The van der Waals surface area contributed by atoms with Gasteiger partial charge in [0.15, 0.2) is 34.7 Å². The van der Waals surface area contributed by atoms with E-state index in [4.69, 9.17) is 10.5 Å². The van der Waals surface area contributed by atoms with Crippen molar-refractivity contribution in [1.82, 2.24) is 4.90 Å². The smallest absolute Gasteiger partial charge is 0.235 e. The highest BCUT2D eigenvalue weighted by molar-refractivity contribution is 6.32. The Morgan fingerprint density at radius 2 is 1.78 bits per heavy atom. The summed E-state index contributed by atoms with van der Waals surface area (Å²) in [6.45, 7) is 6.21. The number of ketones is 4. The lowest BCUT2D eigenvalue weighted by atomic mass is 9.49. The molecule has 2 saturated carbocycles. The summed E-state index contributed by atoms with van der Waals surface area (Å²) in [6.07, 6.45) is -0.848. The molecule has 0 saturated heterocycles. The fourth-order valence-electron chi connectivity index (χ4n) is 7.20. The number of likely N-dealkylation sites (N-methyl/N-ethyl adjacent to an activating group) is 1. The van der Waals surface area contributed by atoms with Crippen molar-refractivity contribution in [3.63, 3.8) is 0 Å². The lowest BCUT2D eigenvalue weighted by molar-refractivity contribution is -0.196. The maximum Gasteiger partial charge on any atom is 0.235 e. The average molecular weight is 513 g/mol. The molecule has 37 heavy (non-hydrogen) atoms. The van der Waals surface area contributed by atoms with E-state index in [0.29, 0.717) is 17.9 Å². The molecule has 2 unspecified atom stereocenters. The second kappa shape index (κ2) is 8.02. The summed E-state index contributed by atoms with van der Waals surface area (Å²) in [6, 6.07) is 2.36. The predicted molar refractivity (Wildman–Crippen MR) is 129 cm³/mol. The highest BCUT2D eigenvalue weighted by atomic mass is 16.5. The van der Waals surface area contributed by atoms with Gasteiger partial charge in [0.05, 0.1) is 36.2 Å². The van der Waals surface area contributed by atoms with Gasteiger partial charge in [-0.2, -0.15) is 0 Å². The van der Waals surface area contributed by atoms with E-state index in [1.54, 1.807) is 6.92 Å². The van der Waals surface area contributed by atoms with E-state index >= 15 is 0 Å². The van der Waals surface area contributed by atoms with Crippen molar-refractivity contribution in [2.24, 2.45) is 29.4 Å². The van der Waals surface area contributed by atoms with Crippen LogP contribution in [0.3, 0.4) is 0 Å². The van der Waals surface area contributed by atoms with Crippen molar-refractivity contribution >= 4 is 29.0 Å². The van der Waals surface area contributed by atoms with Crippen molar-refractivity contribution < 1.29 is 38.9 Å². The van der Waals surface area contributed by atoms with E-state index in [0.717, 1.165) is 12.0 Å². The number of carbonyl (C=O) groups excluding carboxylic acids is 5. The van der Waals surface area contributed by atoms with E-state index in [2.05, 4.69) is 0 Å². The molecular weight excluding hydrogens is 480 g/mol. The number of nitrogens with two attached hydrogens (primary N) is 1. The maximum absolute atomic E-state index is 14.1. The molecule has 0 bridgehead atoms. The van der Waals surface area contributed by atoms with Crippen molar-refractivity contribution in [2.75, 3.05) is 20.7 Å². The summed E-state index contributed by atoms with van der Waals surface area (Å²) < 4.78 is 5.95. The molecule has 1 heterocycles. The molecule has 2 fully saturated rings. The van der Waals surface area contributed by atoms with Gasteiger partial charge in [-0.05, 0) is 37.4 Å². The van der Waals surface area contributed by atoms with Crippen LogP contribution in [-0.2, 0) is 24.6 Å². The van der Waals surface area contributed by atoms with Crippen LogP contribution in [0.15, 0.2) is 12.1 Å². The lowest BCUT2D eigenvalue weighted by Gasteiger charge is -2.56. The Morgan fingerprint density at radius 3 is 2.38 bits per heavy atom. The molecule has 10 nitrogen and oxygen atoms in total. The number of amides is 1. The third-order valence-electron chi connectivity index (χ3n) is 9.17. The van der Waals surface area contributed by atoms with E-state index in [-0.39, 0.29) is 11.0 Å². The highest BCUT2D eigenvalue weighted by Crippen LogP contribution is 2.55. The Morgan fingerprint density at radius 1 is 1.14 bits per heavy atom. The largest absolute Gasteiger partial charge is 0.492 e. The third kappa shape index (κ3) is 3.12. The van der Waals surface area contributed by atoms with Crippen molar-refractivity contribution in [3.8, 4) is 5.75 Å². The summed E-state index contributed by atoms with van der Waals surface area (Å²) in [5.41, 5.74) is 3.77. The average Bonchev–Trinajstić information content (AvgIpc) is 2.80. The Bertz CT molecular complexity index is 1270. The van der Waals surface area contributed by atoms with Gasteiger partial charge in [-0.15, -0.1) is 0 Å². The molecule has 0 spiro atoms. The van der Waals surface area contributed by atoms with Crippen LogP contribution < -0.4 is 10.5 Å². The molecule has 1 aromatic rings. The number of aliphatic hydroxyl groups is 2. The highest BCUT2D eigenvalue weighted by Gasteiger charge is 2.73. The minimum Gasteiger partial charge on any atom is -0.492 e. The first kappa shape index (κ1) is 25.7. The molecule has 3 aliphatic carbocycles. The second-order valence-corrected chi connectivity index (χ2v) is 11.8. The summed E-state index contributed by atoms with van der Waals surface area (Å²) in [5, 5.41) is 23.4. The summed E-state index contributed by atoms with van der Waals surface area (Å²) >= 11 is 0. The first-order chi connectivity index (χ1) is 17.2. The van der Waals surface area contributed by atoms with Crippen LogP contribution >= 0.6 is 0 Å². The summed E-state index contributed by atoms with van der Waals surface area (Å²) in [7, 11) is 2.96. The summed E-state index contributed by atoms with van der Waals surface area (Å²) in [4.78, 5) is 68.2. The van der Waals surface area contributed by atoms with E-state index in [1.807, 2.05) is 26.0 Å². The molecule has 8 atom stereocenters. The molecular formula is C27H32N2O8. The number of nitrogens with zero attached hydrogens (tertiary/aromatic N) is 1. The Hall–Kier alpha value is -2.95. The Balaban J connectivity index is 1.72. The first-order valence-electron chi connectivity index (χ1n) is 12.5. The van der Waals surface area contributed by atoms with Gasteiger partial charge < -0.3 is 20.7 Å². The molecule has 1 amide bonds. The quantitative estimate of drug-likeness (QED) is 0.453. The molecule has 1 aromatic carbocycles. The topological polar surface area (TPSA) is 164 Å². The van der Waals surface area contributed by atoms with Gasteiger partial charge in [0.1, 0.15) is 5.75 Å². The van der Waals surface area contributed by atoms with Crippen LogP contribution in [0.2, 0.25) is 0 Å². The van der Waals surface area contributed by atoms with Gasteiger partial charge in [-0.25, -0.2) is 0 Å². The number of rotatable bonds is 2. The lowest BCUT2D eigenvalue weighted by Crippen LogP contribution is -2.77. The zero-order valence-corrected chi connectivity index (χ0v) is 21.5. The fraction of sp³-hybridized carbons (Fsp3) is 0.593. The Labute approximate surface area is 214 Å². The minimum absolute atomic E-state index is 0.219. The molecule has 5 rings (SSSR count). The van der Waals surface area contributed by atoms with Gasteiger partial charge in [0, 0.05) is 11.5 Å². The van der Waals surface area contributed by atoms with Crippen molar-refractivity contribution in [2.45, 2.75) is 56.3 Å². The van der Waals surface area contributed by atoms with E-state index in [1.165, 1.54) is 19.0 Å². The van der Waals surface area contributed by atoms with Gasteiger partial charge in [0.2, 0.25) is 5.91 Å². The monoisotopic (exact) mass is 512 g/mol. The SMILES string of the molecule is C[C@H]1c2ccc3c(c2C(=O)C2C(=O)[C@]4(O)C(=O)C(C(N)=O)C(=O)[C@@H](N(C)C)[C@@H]4[C@@H](O)[C@@H]21)OCCC3(C)C. The molecule has 0 aromatic heterocycles. The molecule has 198 valence electrons. The number of benzene rings is 1. The maximum atomic E-state index is 14.1. The van der Waals surface area contributed by atoms with Gasteiger partial charge in [-0.1, -0.05) is 32.9 Å². The number of carbonyl (C=O) groups is 5. The summed E-state index contributed by atoms with van der Waals surface area (Å²) in [5.74, 6) is -11.7. The predicted octanol–water partition coefficient (Wildman–Crippen LogP) is -0.247. The number of fused-ring (bicyclic) bond motifs is 5. The number of primary amides is 1. The second-order valence-electron chi connectivity index (χ2n) is 11.8.